The van der Waals surface area contributed by atoms with Crippen LogP contribution in [0, 0.1) is 0 Å². The van der Waals surface area contributed by atoms with Crippen molar-refractivity contribution in [3.8, 4) is 0 Å². The molecule has 0 spiro atoms. The van der Waals surface area contributed by atoms with Crippen LogP contribution in [0.5, 0.6) is 0 Å². The van der Waals surface area contributed by atoms with Gasteiger partial charge >= 0.3 is 0 Å². The van der Waals surface area contributed by atoms with Crippen molar-refractivity contribution in [3.05, 3.63) is 34.3 Å². The number of nitrogens with two attached hydrogens (primary N) is 1. The van der Waals surface area contributed by atoms with E-state index in [1.165, 1.54) is 0 Å². The van der Waals surface area contributed by atoms with Crippen molar-refractivity contribution in [2.24, 2.45) is 5.73 Å². The summed E-state index contributed by atoms with van der Waals surface area (Å²) in [5, 5.41) is 9.22. The van der Waals surface area contributed by atoms with E-state index in [0.717, 1.165) is 10.0 Å². The van der Waals surface area contributed by atoms with Gasteiger partial charge in [-0.1, -0.05) is 28.1 Å². The third kappa shape index (κ3) is 3.65. The third-order valence-corrected chi connectivity index (χ3v) is 2.25. The topological polar surface area (TPSA) is 46.2 Å². The summed E-state index contributed by atoms with van der Waals surface area (Å²) in [7, 11) is 0. The first-order valence-electron chi connectivity index (χ1n) is 3.80. The van der Waals surface area contributed by atoms with Gasteiger partial charge in [0.25, 0.3) is 0 Å². The minimum absolute atomic E-state index is 0. The Bertz CT molecular complexity index is 268. The van der Waals surface area contributed by atoms with Crippen LogP contribution in [0.25, 0.3) is 0 Å². The van der Waals surface area contributed by atoms with Crippen molar-refractivity contribution >= 4 is 28.3 Å². The van der Waals surface area contributed by atoms with Gasteiger partial charge in [0.15, 0.2) is 0 Å². The summed E-state index contributed by atoms with van der Waals surface area (Å²) in [4.78, 5) is 0. The molecule has 1 rings (SSSR count). The largest absolute Gasteiger partial charge is 0.391 e. The highest BCUT2D eigenvalue weighted by Gasteiger charge is 2.11. The molecular formula is C9H13BrClNO. The van der Waals surface area contributed by atoms with Crippen molar-refractivity contribution in [2.45, 2.75) is 19.1 Å². The zero-order valence-electron chi connectivity index (χ0n) is 7.27. The first kappa shape index (κ1) is 12.9. The Labute approximate surface area is 92.7 Å². The molecule has 0 heterocycles. The molecule has 74 valence electrons. The van der Waals surface area contributed by atoms with Crippen molar-refractivity contribution in [3.63, 3.8) is 0 Å². The Morgan fingerprint density at radius 2 is 2.08 bits per heavy atom. The second-order valence-electron chi connectivity index (χ2n) is 2.82. The average Bonchev–Trinajstić information content (AvgIpc) is 2.03. The number of hydrogen-bond donors (Lipinski definition) is 2. The Morgan fingerprint density at radius 1 is 1.46 bits per heavy atom. The summed E-state index contributed by atoms with van der Waals surface area (Å²) < 4.78 is 0.983. The molecule has 3 N–H and O–H groups in total. The fourth-order valence-electron chi connectivity index (χ4n) is 0.992. The van der Waals surface area contributed by atoms with E-state index in [4.69, 9.17) is 5.73 Å². The maximum atomic E-state index is 9.22. The van der Waals surface area contributed by atoms with Gasteiger partial charge in [0.2, 0.25) is 0 Å². The summed E-state index contributed by atoms with van der Waals surface area (Å²) >= 11 is 3.34. The minimum Gasteiger partial charge on any atom is -0.391 e. The SMILES string of the molecule is C[C@H](O)[C@H](N)c1cccc(Br)c1.Cl. The normalized spacial score (nSPS) is 14.5. The van der Waals surface area contributed by atoms with Gasteiger partial charge in [-0.3, -0.25) is 0 Å². The minimum atomic E-state index is -0.515. The number of halogens is 2. The highest BCUT2D eigenvalue weighted by atomic mass is 79.9. The van der Waals surface area contributed by atoms with E-state index in [1.54, 1.807) is 6.92 Å². The number of aliphatic hydroxyl groups excluding tert-OH is 1. The highest BCUT2D eigenvalue weighted by molar-refractivity contribution is 9.10. The number of benzene rings is 1. The molecule has 0 fully saturated rings. The quantitative estimate of drug-likeness (QED) is 0.862. The predicted octanol–water partition coefficient (Wildman–Crippen LogP) is 2.25. The van der Waals surface area contributed by atoms with Crippen LogP contribution in [0.15, 0.2) is 28.7 Å². The molecule has 1 aromatic carbocycles. The molecule has 0 radical (unpaired) electrons. The van der Waals surface area contributed by atoms with Crippen molar-refractivity contribution < 1.29 is 5.11 Å². The fourth-order valence-corrected chi connectivity index (χ4v) is 1.41. The number of aliphatic hydroxyl groups is 1. The van der Waals surface area contributed by atoms with E-state index in [1.807, 2.05) is 24.3 Å². The smallest absolute Gasteiger partial charge is 0.0704 e. The van der Waals surface area contributed by atoms with Gasteiger partial charge in [0.05, 0.1) is 12.1 Å². The van der Waals surface area contributed by atoms with Gasteiger partial charge < -0.3 is 10.8 Å². The molecule has 0 unspecified atom stereocenters. The second-order valence-corrected chi connectivity index (χ2v) is 3.74. The molecule has 13 heavy (non-hydrogen) atoms. The van der Waals surface area contributed by atoms with Crippen LogP contribution in [-0.4, -0.2) is 11.2 Å². The first-order chi connectivity index (χ1) is 5.61. The van der Waals surface area contributed by atoms with Crippen LogP contribution in [0.4, 0.5) is 0 Å². The van der Waals surface area contributed by atoms with Crippen LogP contribution in [-0.2, 0) is 0 Å². The summed E-state index contributed by atoms with van der Waals surface area (Å²) in [6, 6.07) is 7.35. The first-order valence-corrected chi connectivity index (χ1v) is 4.59. The fraction of sp³-hybridized carbons (Fsp3) is 0.333. The molecule has 4 heteroatoms. The lowest BCUT2D eigenvalue weighted by molar-refractivity contribution is 0.164. The van der Waals surface area contributed by atoms with E-state index in [-0.39, 0.29) is 18.4 Å². The molecular weight excluding hydrogens is 253 g/mol. The van der Waals surface area contributed by atoms with Crippen LogP contribution < -0.4 is 5.73 Å². The highest BCUT2D eigenvalue weighted by Crippen LogP contribution is 2.18. The van der Waals surface area contributed by atoms with Crippen LogP contribution in [0.3, 0.4) is 0 Å². The standard InChI is InChI=1S/C9H12BrNO.ClH/c1-6(12)9(11)7-3-2-4-8(10)5-7;/h2-6,9,12H,11H2,1H3;1H/t6-,9-;/m0./s1. The molecule has 0 amide bonds. The van der Waals surface area contributed by atoms with Gasteiger partial charge in [-0.05, 0) is 24.6 Å². The summed E-state index contributed by atoms with van der Waals surface area (Å²) in [6.07, 6.45) is -0.515. The molecule has 2 atom stereocenters. The lowest BCUT2D eigenvalue weighted by Gasteiger charge is -2.14. The monoisotopic (exact) mass is 265 g/mol. The van der Waals surface area contributed by atoms with Gasteiger partial charge in [-0.2, -0.15) is 0 Å². The molecule has 1 aromatic rings. The maximum Gasteiger partial charge on any atom is 0.0704 e. The Morgan fingerprint density at radius 3 is 2.54 bits per heavy atom. The summed E-state index contributed by atoms with van der Waals surface area (Å²) in [6.45, 7) is 1.69. The molecule has 0 aliphatic rings. The molecule has 0 aliphatic heterocycles. The van der Waals surface area contributed by atoms with Gasteiger partial charge in [-0.15, -0.1) is 12.4 Å². The predicted molar refractivity (Wildman–Crippen MR) is 60.0 cm³/mol. The Balaban J connectivity index is 0.00000144. The molecule has 0 saturated heterocycles. The molecule has 0 aliphatic carbocycles. The Hall–Kier alpha value is -0.0900. The third-order valence-electron chi connectivity index (χ3n) is 1.75. The van der Waals surface area contributed by atoms with Crippen molar-refractivity contribution in [1.82, 2.24) is 0 Å². The van der Waals surface area contributed by atoms with E-state index in [0.29, 0.717) is 0 Å². The molecule has 2 nitrogen and oxygen atoms in total. The lowest BCUT2D eigenvalue weighted by atomic mass is 10.0. The molecule has 0 saturated carbocycles. The summed E-state index contributed by atoms with van der Waals surface area (Å²) in [5.74, 6) is 0. The lowest BCUT2D eigenvalue weighted by Crippen LogP contribution is -2.22. The summed E-state index contributed by atoms with van der Waals surface area (Å²) in [5.41, 5.74) is 6.68. The van der Waals surface area contributed by atoms with Crippen molar-refractivity contribution in [2.75, 3.05) is 0 Å². The van der Waals surface area contributed by atoms with E-state index in [9.17, 15) is 5.11 Å². The average molecular weight is 267 g/mol. The van der Waals surface area contributed by atoms with Crippen LogP contribution in [0.2, 0.25) is 0 Å². The van der Waals surface area contributed by atoms with E-state index < -0.39 is 6.10 Å². The van der Waals surface area contributed by atoms with Crippen LogP contribution in [0.1, 0.15) is 18.5 Å². The maximum absolute atomic E-state index is 9.22. The molecule has 0 bridgehead atoms. The van der Waals surface area contributed by atoms with E-state index >= 15 is 0 Å². The van der Waals surface area contributed by atoms with Gasteiger partial charge in [0, 0.05) is 4.47 Å². The second kappa shape index (κ2) is 5.60. The van der Waals surface area contributed by atoms with Crippen molar-refractivity contribution in [1.29, 1.82) is 0 Å². The van der Waals surface area contributed by atoms with Gasteiger partial charge in [-0.25, -0.2) is 0 Å². The molecule has 0 aromatic heterocycles. The number of rotatable bonds is 2. The zero-order chi connectivity index (χ0) is 9.14. The van der Waals surface area contributed by atoms with E-state index in [2.05, 4.69) is 15.9 Å². The van der Waals surface area contributed by atoms with Gasteiger partial charge in [0.1, 0.15) is 0 Å². The Kier molecular flexibility index (Phi) is 5.56. The van der Waals surface area contributed by atoms with Crippen LogP contribution >= 0.6 is 28.3 Å². The zero-order valence-corrected chi connectivity index (χ0v) is 9.68. The number of hydrogen-bond acceptors (Lipinski definition) is 2.